The molecule has 0 aliphatic rings. The molecule has 0 atom stereocenters. The van der Waals surface area contributed by atoms with Crippen molar-refractivity contribution in [1.82, 2.24) is 15.4 Å². The van der Waals surface area contributed by atoms with Gasteiger partial charge in [0.1, 0.15) is 11.3 Å². The van der Waals surface area contributed by atoms with E-state index < -0.39 is 11.7 Å². The molecule has 1 aromatic heterocycles. The number of benzene rings is 1. The maximum absolute atomic E-state index is 11.8. The number of aromatic amines is 1. The highest BCUT2D eigenvalue weighted by molar-refractivity contribution is 5.87. The van der Waals surface area contributed by atoms with E-state index in [0.29, 0.717) is 5.69 Å². The average Bonchev–Trinajstić information content (AvgIpc) is 2.83. The highest BCUT2D eigenvalue weighted by Gasteiger charge is 2.17. The van der Waals surface area contributed by atoms with Gasteiger partial charge in [-0.1, -0.05) is 12.1 Å². The minimum Gasteiger partial charge on any atom is -0.444 e. The van der Waals surface area contributed by atoms with E-state index in [-0.39, 0.29) is 0 Å². The number of amides is 1. The number of hydrogen-bond donors (Lipinski definition) is 2. The lowest BCUT2D eigenvalue weighted by atomic mass is 10.1. The van der Waals surface area contributed by atoms with Crippen LogP contribution in [-0.4, -0.2) is 27.1 Å². The minimum absolute atomic E-state index is 0.474. The number of ether oxygens (including phenoxy) is 1. The Morgan fingerprint density at radius 1 is 1.35 bits per heavy atom. The molecule has 1 aromatic carbocycles. The van der Waals surface area contributed by atoms with E-state index >= 15 is 0 Å². The van der Waals surface area contributed by atoms with Crippen molar-refractivity contribution in [3.63, 3.8) is 0 Å². The van der Waals surface area contributed by atoms with Crippen LogP contribution >= 0.6 is 0 Å². The Morgan fingerprint density at radius 3 is 2.70 bits per heavy atom. The molecule has 0 bridgehead atoms. The number of nitrogens with one attached hydrogen (secondary N) is 2. The second-order valence-corrected chi connectivity index (χ2v) is 5.51. The highest BCUT2D eigenvalue weighted by Crippen LogP contribution is 2.24. The first-order valence-corrected chi connectivity index (χ1v) is 6.32. The molecule has 0 aliphatic carbocycles. The van der Waals surface area contributed by atoms with Crippen LogP contribution in [-0.2, 0) is 4.74 Å². The minimum atomic E-state index is -0.526. The first-order valence-electron chi connectivity index (χ1n) is 6.32. The molecule has 106 valence electrons. The van der Waals surface area contributed by atoms with Gasteiger partial charge in [-0.3, -0.25) is 5.32 Å². The smallest absolute Gasteiger partial charge is 0.412 e. The quantitative estimate of drug-likeness (QED) is 0.881. The molecule has 0 saturated heterocycles. The molecule has 2 aromatic rings. The zero-order valence-corrected chi connectivity index (χ0v) is 12.0. The van der Waals surface area contributed by atoms with Crippen molar-refractivity contribution in [2.75, 3.05) is 5.32 Å². The summed E-state index contributed by atoms with van der Waals surface area (Å²) in [5.74, 6) is 0. The molecule has 0 saturated carbocycles. The topological polar surface area (TPSA) is 79.9 Å². The largest absolute Gasteiger partial charge is 0.444 e. The van der Waals surface area contributed by atoms with Gasteiger partial charge in [-0.05, 0) is 39.3 Å². The molecule has 0 fully saturated rings. The van der Waals surface area contributed by atoms with Crippen LogP contribution in [0.4, 0.5) is 10.5 Å². The van der Waals surface area contributed by atoms with Crippen molar-refractivity contribution in [2.45, 2.75) is 33.3 Å². The predicted octanol–water partition coefficient (Wildman–Crippen LogP) is 3.13. The lowest BCUT2D eigenvalue weighted by Crippen LogP contribution is -2.27. The Kier molecular flexibility index (Phi) is 3.74. The van der Waals surface area contributed by atoms with Crippen molar-refractivity contribution in [3.05, 3.63) is 30.0 Å². The summed E-state index contributed by atoms with van der Waals surface area (Å²) >= 11 is 0. The van der Waals surface area contributed by atoms with Gasteiger partial charge >= 0.3 is 6.09 Å². The average molecular weight is 274 g/mol. The number of nitrogens with zero attached hydrogens (tertiary/aromatic N) is 2. The van der Waals surface area contributed by atoms with Crippen LogP contribution in [0.3, 0.4) is 0 Å². The van der Waals surface area contributed by atoms with Gasteiger partial charge in [0, 0.05) is 11.3 Å². The summed E-state index contributed by atoms with van der Waals surface area (Å²) in [5.41, 5.74) is 2.71. The Hall–Kier alpha value is -2.37. The number of anilines is 1. The molecule has 0 radical (unpaired) electrons. The van der Waals surface area contributed by atoms with Gasteiger partial charge < -0.3 is 4.74 Å². The molecular weight excluding hydrogens is 256 g/mol. The number of carbonyl (C=O) groups is 1. The van der Waals surface area contributed by atoms with Crippen LogP contribution in [0.1, 0.15) is 26.3 Å². The number of H-pyrrole nitrogens is 1. The van der Waals surface area contributed by atoms with E-state index in [1.165, 1.54) is 0 Å². The molecule has 1 amide bonds. The molecule has 6 nitrogen and oxygen atoms in total. The van der Waals surface area contributed by atoms with E-state index in [9.17, 15) is 4.79 Å². The summed E-state index contributed by atoms with van der Waals surface area (Å²) in [6.45, 7) is 7.39. The van der Waals surface area contributed by atoms with E-state index in [2.05, 4.69) is 20.7 Å². The Morgan fingerprint density at radius 2 is 2.10 bits per heavy atom. The molecule has 1 heterocycles. The van der Waals surface area contributed by atoms with Crippen LogP contribution in [0, 0.1) is 6.92 Å². The Bertz CT molecular complexity index is 600. The lowest BCUT2D eigenvalue weighted by molar-refractivity contribution is 0.0636. The maximum atomic E-state index is 11.8. The van der Waals surface area contributed by atoms with E-state index in [0.717, 1.165) is 16.8 Å². The van der Waals surface area contributed by atoms with Crippen LogP contribution in [0.15, 0.2) is 24.4 Å². The lowest BCUT2D eigenvalue weighted by Gasteiger charge is -2.20. The summed E-state index contributed by atoms with van der Waals surface area (Å²) in [6.07, 6.45) is 1.15. The normalized spacial score (nSPS) is 11.2. The summed E-state index contributed by atoms with van der Waals surface area (Å²) in [5, 5.41) is 13.1. The fourth-order valence-electron chi connectivity index (χ4n) is 1.67. The molecule has 20 heavy (non-hydrogen) atoms. The van der Waals surface area contributed by atoms with Gasteiger partial charge in [-0.15, -0.1) is 0 Å². The number of aryl methyl sites for hydroxylation is 1. The van der Waals surface area contributed by atoms with E-state index in [4.69, 9.17) is 4.74 Å². The van der Waals surface area contributed by atoms with Gasteiger partial charge in [0.15, 0.2) is 0 Å². The summed E-state index contributed by atoms with van der Waals surface area (Å²) in [7, 11) is 0. The SMILES string of the molecule is Cc1ccc(-c2cn[nH]n2)cc1NC(=O)OC(C)(C)C. The number of hydrogen-bond acceptors (Lipinski definition) is 4. The van der Waals surface area contributed by atoms with Gasteiger partial charge in [-0.25, -0.2) is 4.79 Å². The van der Waals surface area contributed by atoms with Crippen LogP contribution in [0.25, 0.3) is 11.3 Å². The van der Waals surface area contributed by atoms with Crippen molar-refractivity contribution in [3.8, 4) is 11.3 Å². The van der Waals surface area contributed by atoms with E-state index in [1.807, 2.05) is 45.9 Å². The first kappa shape index (κ1) is 14.0. The zero-order valence-electron chi connectivity index (χ0n) is 12.0. The zero-order chi connectivity index (χ0) is 14.8. The fourth-order valence-corrected chi connectivity index (χ4v) is 1.67. The first-order chi connectivity index (χ1) is 9.35. The van der Waals surface area contributed by atoms with Crippen LogP contribution < -0.4 is 5.32 Å². The molecule has 0 spiro atoms. The molecule has 0 unspecified atom stereocenters. The fraction of sp³-hybridized carbons (Fsp3) is 0.357. The van der Waals surface area contributed by atoms with Crippen LogP contribution in [0.2, 0.25) is 0 Å². The standard InChI is InChI=1S/C14H18N4O2/c1-9-5-6-10(12-8-15-18-17-12)7-11(9)16-13(19)20-14(2,3)4/h5-8H,1-4H3,(H,16,19)(H,15,17,18). The molecule has 6 heteroatoms. The van der Waals surface area contributed by atoms with Gasteiger partial charge in [0.2, 0.25) is 0 Å². The van der Waals surface area contributed by atoms with Crippen molar-refractivity contribution in [1.29, 1.82) is 0 Å². The van der Waals surface area contributed by atoms with Gasteiger partial charge in [0.05, 0.1) is 6.20 Å². The van der Waals surface area contributed by atoms with Crippen molar-refractivity contribution < 1.29 is 9.53 Å². The van der Waals surface area contributed by atoms with Crippen molar-refractivity contribution in [2.24, 2.45) is 0 Å². The third-order valence-electron chi connectivity index (χ3n) is 2.58. The number of rotatable bonds is 2. The summed E-state index contributed by atoms with van der Waals surface area (Å²) in [6, 6.07) is 5.68. The van der Waals surface area contributed by atoms with Gasteiger partial charge in [-0.2, -0.15) is 15.4 Å². The number of carbonyl (C=O) groups excluding carboxylic acids is 1. The molecule has 0 aliphatic heterocycles. The van der Waals surface area contributed by atoms with Crippen molar-refractivity contribution >= 4 is 11.8 Å². The monoisotopic (exact) mass is 274 g/mol. The summed E-state index contributed by atoms with van der Waals surface area (Å²) in [4.78, 5) is 11.8. The highest BCUT2D eigenvalue weighted by atomic mass is 16.6. The second kappa shape index (κ2) is 5.32. The van der Waals surface area contributed by atoms with Gasteiger partial charge in [0.25, 0.3) is 0 Å². The Labute approximate surface area is 117 Å². The Balaban J connectivity index is 2.19. The summed E-state index contributed by atoms with van der Waals surface area (Å²) < 4.78 is 5.24. The van der Waals surface area contributed by atoms with Crippen LogP contribution in [0.5, 0.6) is 0 Å². The van der Waals surface area contributed by atoms with E-state index in [1.54, 1.807) is 6.20 Å². The maximum Gasteiger partial charge on any atom is 0.412 e. The predicted molar refractivity (Wildman–Crippen MR) is 76.4 cm³/mol. The third-order valence-corrected chi connectivity index (χ3v) is 2.58. The number of aromatic nitrogens is 3. The second-order valence-electron chi connectivity index (χ2n) is 5.51. The molecular formula is C14H18N4O2. The molecule has 2 rings (SSSR count). The third kappa shape index (κ3) is 3.57. The molecule has 2 N–H and O–H groups in total.